The van der Waals surface area contributed by atoms with Crippen molar-refractivity contribution in [3.63, 3.8) is 0 Å². The van der Waals surface area contributed by atoms with Gasteiger partial charge >= 0.3 is 0 Å². The van der Waals surface area contributed by atoms with Crippen LogP contribution in [0.1, 0.15) is 23.8 Å². The van der Waals surface area contributed by atoms with Crippen LogP contribution in [-0.4, -0.2) is 20.4 Å². The minimum absolute atomic E-state index is 0.257. The number of imidazole rings is 1. The molecule has 1 aliphatic carbocycles. The molecule has 2 N–H and O–H groups in total. The fraction of sp³-hybridized carbons (Fsp3) is 0.148. The number of aromatic nitrogens is 3. The predicted molar refractivity (Wildman–Crippen MR) is 141 cm³/mol. The van der Waals surface area contributed by atoms with Crippen molar-refractivity contribution < 1.29 is 9.53 Å². The van der Waals surface area contributed by atoms with E-state index >= 15 is 0 Å². The van der Waals surface area contributed by atoms with E-state index in [0.717, 1.165) is 39.3 Å². The Labute approximate surface area is 211 Å². The highest BCUT2D eigenvalue weighted by Gasteiger charge is 2.16. The molecule has 0 radical (unpaired) electrons. The quantitative estimate of drug-likeness (QED) is 0.299. The average Bonchev–Trinajstić information content (AvgIpc) is 3.16. The molecule has 1 amide bonds. The highest BCUT2D eigenvalue weighted by atomic mass is 79.9. The average molecular weight is 530 g/mol. The molecule has 1 atom stereocenters. The van der Waals surface area contributed by atoms with Crippen LogP contribution in [0.15, 0.2) is 89.2 Å². The van der Waals surface area contributed by atoms with Crippen LogP contribution >= 0.6 is 15.9 Å². The molecule has 0 fully saturated rings. The Kier molecular flexibility index (Phi) is 6.37. The molecule has 0 aliphatic heterocycles. The second-order valence-electron chi connectivity index (χ2n) is 8.40. The van der Waals surface area contributed by atoms with E-state index in [1.807, 2.05) is 66.2 Å². The summed E-state index contributed by atoms with van der Waals surface area (Å²) in [4.78, 5) is 21.7. The van der Waals surface area contributed by atoms with E-state index < -0.39 is 0 Å². The van der Waals surface area contributed by atoms with Gasteiger partial charge in [-0.15, -0.1) is 0 Å². The topological polar surface area (TPSA) is 81.1 Å². The Morgan fingerprint density at radius 3 is 2.71 bits per heavy atom. The number of carbonyl (C=O) groups is 1. The maximum atomic E-state index is 12.7. The number of rotatable bonds is 6. The van der Waals surface area contributed by atoms with Crippen molar-refractivity contribution >= 4 is 44.5 Å². The summed E-state index contributed by atoms with van der Waals surface area (Å²) in [6.07, 6.45) is 8.44. The SMILES string of the molecule is CC1CC=CC=C1NC(=O)c1cc(Oc2ccc3c(c2)nc(Nc2ccc(Br)cc2)n3C)ccn1. The second kappa shape index (κ2) is 9.76. The number of allylic oxidation sites excluding steroid dienone is 4. The molecule has 2 heterocycles. The van der Waals surface area contributed by atoms with Crippen LogP contribution < -0.4 is 15.4 Å². The van der Waals surface area contributed by atoms with Gasteiger partial charge in [-0.1, -0.05) is 35.0 Å². The number of fused-ring (bicyclic) bond motifs is 1. The first-order valence-electron chi connectivity index (χ1n) is 11.3. The number of halogens is 1. The molecule has 2 aromatic heterocycles. The summed E-state index contributed by atoms with van der Waals surface area (Å²) in [7, 11) is 1.96. The van der Waals surface area contributed by atoms with Crippen LogP contribution in [0.4, 0.5) is 11.6 Å². The number of nitrogens with one attached hydrogen (secondary N) is 2. The lowest BCUT2D eigenvalue weighted by Gasteiger charge is -2.18. The van der Waals surface area contributed by atoms with E-state index in [0.29, 0.717) is 17.2 Å². The molecule has 1 unspecified atom stereocenters. The Bertz CT molecular complexity index is 1460. The smallest absolute Gasteiger partial charge is 0.274 e. The third kappa shape index (κ3) is 5.12. The van der Waals surface area contributed by atoms with Gasteiger partial charge in [0.05, 0.1) is 11.0 Å². The molecule has 1 aliphatic rings. The molecular weight excluding hydrogens is 506 g/mol. The number of carbonyl (C=O) groups excluding carboxylic acids is 1. The zero-order chi connectivity index (χ0) is 24.4. The van der Waals surface area contributed by atoms with Crippen LogP contribution in [-0.2, 0) is 7.05 Å². The molecule has 5 rings (SSSR count). The van der Waals surface area contributed by atoms with E-state index in [4.69, 9.17) is 9.72 Å². The number of ether oxygens (including phenoxy) is 1. The van der Waals surface area contributed by atoms with Crippen LogP contribution in [0, 0.1) is 5.92 Å². The lowest BCUT2D eigenvalue weighted by atomic mass is 9.99. The van der Waals surface area contributed by atoms with Crippen LogP contribution in [0.2, 0.25) is 0 Å². The number of nitrogens with zero attached hydrogens (tertiary/aromatic N) is 3. The van der Waals surface area contributed by atoms with Crippen molar-refractivity contribution in [3.8, 4) is 11.5 Å². The molecular formula is C27H24BrN5O2. The molecule has 0 bridgehead atoms. The third-order valence-corrected chi connectivity index (χ3v) is 6.37. The summed E-state index contributed by atoms with van der Waals surface area (Å²) in [6.45, 7) is 2.08. The molecule has 4 aromatic rings. The maximum absolute atomic E-state index is 12.7. The van der Waals surface area contributed by atoms with Crippen molar-refractivity contribution in [2.24, 2.45) is 13.0 Å². The zero-order valence-electron chi connectivity index (χ0n) is 19.3. The van der Waals surface area contributed by atoms with Gasteiger partial charge in [0.1, 0.15) is 17.2 Å². The minimum atomic E-state index is -0.257. The van der Waals surface area contributed by atoms with Gasteiger partial charge in [-0.3, -0.25) is 9.78 Å². The third-order valence-electron chi connectivity index (χ3n) is 5.84. The second-order valence-corrected chi connectivity index (χ2v) is 9.31. The van der Waals surface area contributed by atoms with E-state index in [1.54, 1.807) is 18.3 Å². The number of hydrogen-bond acceptors (Lipinski definition) is 5. The number of benzene rings is 2. The maximum Gasteiger partial charge on any atom is 0.274 e. The largest absolute Gasteiger partial charge is 0.457 e. The summed E-state index contributed by atoms with van der Waals surface area (Å²) in [6, 6.07) is 17.0. The number of anilines is 2. The predicted octanol–water partition coefficient (Wildman–Crippen LogP) is 6.48. The molecule has 2 aromatic carbocycles. The van der Waals surface area contributed by atoms with Gasteiger partial charge in [0.25, 0.3) is 5.91 Å². The highest BCUT2D eigenvalue weighted by molar-refractivity contribution is 9.10. The fourth-order valence-electron chi connectivity index (χ4n) is 3.86. The van der Waals surface area contributed by atoms with Crippen LogP contribution in [0.25, 0.3) is 11.0 Å². The summed E-state index contributed by atoms with van der Waals surface area (Å²) >= 11 is 3.45. The van der Waals surface area contributed by atoms with Gasteiger partial charge in [0.15, 0.2) is 0 Å². The van der Waals surface area contributed by atoms with Crippen molar-refractivity contribution in [2.45, 2.75) is 13.3 Å². The van der Waals surface area contributed by atoms with Gasteiger partial charge in [-0.25, -0.2) is 4.98 Å². The van der Waals surface area contributed by atoms with Crippen LogP contribution in [0.5, 0.6) is 11.5 Å². The Morgan fingerprint density at radius 1 is 1.11 bits per heavy atom. The van der Waals surface area contributed by atoms with Gasteiger partial charge in [0.2, 0.25) is 5.95 Å². The lowest BCUT2D eigenvalue weighted by molar-refractivity contribution is 0.0956. The molecule has 0 saturated carbocycles. The van der Waals surface area contributed by atoms with Gasteiger partial charge in [0, 0.05) is 41.2 Å². The molecule has 35 heavy (non-hydrogen) atoms. The minimum Gasteiger partial charge on any atom is -0.457 e. The van der Waals surface area contributed by atoms with Crippen LogP contribution in [0.3, 0.4) is 0 Å². The van der Waals surface area contributed by atoms with Crippen molar-refractivity contribution in [3.05, 3.63) is 94.9 Å². The summed E-state index contributed by atoms with van der Waals surface area (Å²) in [5.74, 6) is 1.88. The first kappa shape index (κ1) is 22.9. The monoisotopic (exact) mass is 529 g/mol. The zero-order valence-corrected chi connectivity index (χ0v) is 20.9. The van der Waals surface area contributed by atoms with Gasteiger partial charge in [-0.05, 0) is 60.9 Å². The summed E-state index contributed by atoms with van der Waals surface area (Å²) < 4.78 is 9.06. The number of amides is 1. The fourth-order valence-corrected chi connectivity index (χ4v) is 4.12. The molecule has 0 saturated heterocycles. The lowest BCUT2D eigenvalue weighted by Crippen LogP contribution is -2.27. The Balaban J connectivity index is 1.33. The van der Waals surface area contributed by atoms with E-state index in [1.165, 1.54) is 0 Å². The Morgan fingerprint density at radius 2 is 1.91 bits per heavy atom. The molecule has 176 valence electrons. The van der Waals surface area contributed by atoms with Crippen molar-refractivity contribution in [1.29, 1.82) is 0 Å². The summed E-state index contributed by atoms with van der Waals surface area (Å²) in [5, 5.41) is 6.31. The Hall–Kier alpha value is -3.91. The summed E-state index contributed by atoms with van der Waals surface area (Å²) in [5.41, 5.74) is 3.89. The van der Waals surface area contributed by atoms with Crippen molar-refractivity contribution in [1.82, 2.24) is 19.9 Å². The molecule has 7 nitrogen and oxygen atoms in total. The van der Waals surface area contributed by atoms with Crippen molar-refractivity contribution in [2.75, 3.05) is 5.32 Å². The highest BCUT2D eigenvalue weighted by Crippen LogP contribution is 2.28. The number of aryl methyl sites for hydroxylation is 1. The van der Waals surface area contributed by atoms with E-state index in [9.17, 15) is 4.79 Å². The first-order valence-corrected chi connectivity index (χ1v) is 12.1. The molecule has 8 heteroatoms. The van der Waals surface area contributed by atoms with E-state index in [2.05, 4.69) is 44.5 Å². The van der Waals surface area contributed by atoms with Gasteiger partial charge in [-0.2, -0.15) is 0 Å². The first-order chi connectivity index (χ1) is 17.0. The van der Waals surface area contributed by atoms with Gasteiger partial charge < -0.3 is 19.9 Å². The molecule has 0 spiro atoms. The number of pyridine rings is 1. The number of hydrogen-bond donors (Lipinski definition) is 2. The van der Waals surface area contributed by atoms with E-state index in [-0.39, 0.29) is 11.8 Å². The standard InChI is InChI=1S/C27H24BrN5O2/c1-17-5-3-4-6-22(17)31-26(34)24-16-21(13-14-29-24)35-20-11-12-25-23(15-20)32-27(33(25)2)30-19-9-7-18(28)8-10-19/h3-4,6-17H,5H2,1-2H3,(H,30,32)(H,31,34). The normalized spacial score (nSPS) is 15.1.